The molecule has 0 radical (unpaired) electrons. The standard InChI is InChI=1S/C18H26O/c1-17-8-3-4-15(17)14-6-5-13-12-19-11-10-18(13,2)16(14)7-9-17/h3,5,8,14-16H,4,6-7,9-12H2,1-2H3. The fraction of sp³-hybridized carbons (Fsp3) is 0.778. The van der Waals surface area contributed by atoms with Gasteiger partial charge in [-0.25, -0.2) is 0 Å². The minimum Gasteiger partial charge on any atom is -0.377 e. The van der Waals surface area contributed by atoms with Gasteiger partial charge in [-0.1, -0.05) is 32.1 Å². The fourth-order valence-electron chi connectivity index (χ4n) is 5.68. The summed E-state index contributed by atoms with van der Waals surface area (Å²) in [5, 5.41) is 0. The lowest BCUT2D eigenvalue weighted by molar-refractivity contribution is -0.0423. The Hall–Kier alpha value is -0.560. The highest BCUT2D eigenvalue weighted by Crippen LogP contribution is 2.62. The van der Waals surface area contributed by atoms with Crippen molar-refractivity contribution in [3.05, 3.63) is 23.8 Å². The molecule has 19 heavy (non-hydrogen) atoms. The Morgan fingerprint density at radius 2 is 2.05 bits per heavy atom. The molecule has 104 valence electrons. The van der Waals surface area contributed by atoms with E-state index in [2.05, 4.69) is 32.1 Å². The van der Waals surface area contributed by atoms with Crippen molar-refractivity contribution in [2.45, 2.75) is 46.0 Å². The van der Waals surface area contributed by atoms with Gasteiger partial charge in [-0.15, -0.1) is 0 Å². The molecule has 0 aromatic carbocycles. The van der Waals surface area contributed by atoms with Gasteiger partial charge in [0.15, 0.2) is 0 Å². The van der Waals surface area contributed by atoms with Crippen molar-refractivity contribution in [3.8, 4) is 0 Å². The first kappa shape index (κ1) is 12.2. The molecule has 0 amide bonds. The van der Waals surface area contributed by atoms with Gasteiger partial charge in [-0.3, -0.25) is 0 Å². The summed E-state index contributed by atoms with van der Waals surface area (Å²) in [6, 6.07) is 0. The molecule has 5 unspecified atom stereocenters. The molecule has 5 atom stereocenters. The van der Waals surface area contributed by atoms with Crippen LogP contribution in [0.4, 0.5) is 0 Å². The average Bonchev–Trinajstić information content (AvgIpc) is 2.79. The van der Waals surface area contributed by atoms with E-state index in [0.717, 1.165) is 31.0 Å². The van der Waals surface area contributed by atoms with Gasteiger partial charge >= 0.3 is 0 Å². The molecule has 1 nitrogen and oxygen atoms in total. The zero-order valence-electron chi connectivity index (χ0n) is 12.3. The second-order valence-electron chi connectivity index (χ2n) is 7.74. The molecular weight excluding hydrogens is 232 g/mol. The second-order valence-corrected chi connectivity index (χ2v) is 7.74. The fourth-order valence-corrected chi connectivity index (χ4v) is 5.68. The maximum absolute atomic E-state index is 5.71. The van der Waals surface area contributed by atoms with Crippen molar-refractivity contribution in [1.29, 1.82) is 0 Å². The molecule has 0 N–H and O–H groups in total. The van der Waals surface area contributed by atoms with Crippen molar-refractivity contribution in [2.24, 2.45) is 28.6 Å². The van der Waals surface area contributed by atoms with E-state index in [1.807, 2.05) is 0 Å². The predicted molar refractivity (Wildman–Crippen MR) is 77.8 cm³/mol. The molecule has 4 rings (SSSR count). The molecule has 1 heteroatoms. The summed E-state index contributed by atoms with van der Waals surface area (Å²) in [5.41, 5.74) is 2.58. The molecule has 0 aromatic rings. The molecule has 0 bridgehead atoms. The van der Waals surface area contributed by atoms with Crippen molar-refractivity contribution in [3.63, 3.8) is 0 Å². The molecule has 1 heterocycles. The van der Waals surface area contributed by atoms with Crippen LogP contribution in [0.25, 0.3) is 0 Å². The van der Waals surface area contributed by atoms with Crippen LogP contribution in [0.1, 0.15) is 46.0 Å². The van der Waals surface area contributed by atoms with Gasteiger partial charge in [0.2, 0.25) is 0 Å². The van der Waals surface area contributed by atoms with Crippen LogP contribution in [0.15, 0.2) is 23.8 Å². The van der Waals surface area contributed by atoms with Gasteiger partial charge in [-0.2, -0.15) is 0 Å². The van der Waals surface area contributed by atoms with E-state index >= 15 is 0 Å². The van der Waals surface area contributed by atoms with E-state index in [4.69, 9.17) is 4.74 Å². The van der Waals surface area contributed by atoms with Gasteiger partial charge in [0.05, 0.1) is 6.61 Å². The number of ether oxygens (including phenoxy) is 1. The molecule has 4 aliphatic rings. The van der Waals surface area contributed by atoms with Crippen LogP contribution < -0.4 is 0 Å². The van der Waals surface area contributed by atoms with E-state index < -0.39 is 0 Å². The Kier molecular flexibility index (Phi) is 2.55. The Bertz CT molecular complexity index is 449. The topological polar surface area (TPSA) is 9.23 Å². The summed E-state index contributed by atoms with van der Waals surface area (Å²) >= 11 is 0. The Labute approximate surface area is 117 Å². The molecule has 2 fully saturated rings. The normalized spacial score (nSPS) is 52.1. The van der Waals surface area contributed by atoms with Gasteiger partial charge in [0, 0.05) is 6.61 Å². The molecule has 1 saturated heterocycles. The van der Waals surface area contributed by atoms with Crippen molar-refractivity contribution in [2.75, 3.05) is 13.2 Å². The first-order valence-corrected chi connectivity index (χ1v) is 8.08. The molecule has 1 aliphatic heterocycles. The van der Waals surface area contributed by atoms with Crippen molar-refractivity contribution < 1.29 is 4.74 Å². The maximum atomic E-state index is 5.71. The Balaban J connectivity index is 1.71. The first-order chi connectivity index (χ1) is 9.13. The monoisotopic (exact) mass is 258 g/mol. The van der Waals surface area contributed by atoms with Gasteiger partial charge in [0.1, 0.15) is 0 Å². The maximum Gasteiger partial charge on any atom is 0.0682 e. The third kappa shape index (κ3) is 1.57. The highest BCUT2D eigenvalue weighted by Gasteiger charge is 2.54. The molecule has 3 aliphatic carbocycles. The number of allylic oxidation sites excluding steroid dienone is 3. The lowest BCUT2D eigenvalue weighted by Crippen LogP contribution is -2.49. The van der Waals surface area contributed by atoms with Crippen molar-refractivity contribution in [1.82, 2.24) is 0 Å². The third-order valence-electron chi connectivity index (χ3n) is 6.97. The summed E-state index contributed by atoms with van der Waals surface area (Å²) in [6.07, 6.45) is 14.2. The zero-order chi connectivity index (χ0) is 13.1. The first-order valence-electron chi connectivity index (χ1n) is 8.08. The van der Waals surface area contributed by atoms with Crippen LogP contribution in [0.5, 0.6) is 0 Å². The van der Waals surface area contributed by atoms with Crippen LogP contribution in [0.2, 0.25) is 0 Å². The van der Waals surface area contributed by atoms with Crippen LogP contribution in [0, 0.1) is 28.6 Å². The van der Waals surface area contributed by atoms with E-state index in [9.17, 15) is 0 Å². The lowest BCUT2D eigenvalue weighted by atomic mass is 9.49. The van der Waals surface area contributed by atoms with E-state index in [0.29, 0.717) is 10.8 Å². The molecule has 0 aromatic heterocycles. The predicted octanol–water partition coefficient (Wildman–Crippen LogP) is 4.35. The number of hydrogen-bond acceptors (Lipinski definition) is 1. The Morgan fingerprint density at radius 1 is 1.16 bits per heavy atom. The van der Waals surface area contributed by atoms with E-state index in [1.54, 1.807) is 5.57 Å². The molecule has 0 spiro atoms. The quantitative estimate of drug-likeness (QED) is 0.587. The minimum absolute atomic E-state index is 0.449. The van der Waals surface area contributed by atoms with Gasteiger partial charge in [0.25, 0.3) is 0 Å². The summed E-state index contributed by atoms with van der Waals surface area (Å²) in [5.74, 6) is 2.73. The lowest BCUT2D eigenvalue weighted by Gasteiger charge is -2.56. The summed E-state index contributed by atoms with van der Waals surface area (Å²) in [7, 11) is 0. The smallest absolute Gasteiger partial charge is 0.0682 e. The minimum atomic E-state index is 0.449. The Morgan fingerprint density at radius 3 is 2.95 bits per heavy atom. The van der Waals surface area contributed by atoms with Crippen molar-refractivity contribution >= 4 is 0 Å². The SMILES string of the molecule is CC12C=CCC1C1CC=C3COCCC3(C)C1CC2. The summed E-state index contributed by atoms with van der Waals surface area (Å²) < 4.78 is 5.71. The molecular formula is C18H26O. The highest BCUT2D eigenvalue weighted by atomic mass is 16.5. The van der Waals surface area contributed by atoms with Crippen LogP contribution >= 0.6 is 0 Å². The summed E-state index contributed by atoms with van der Waals surface area (Å²) in [4.78, 5) is 0. The molecule has 1 saturated carbocycles. The van der Waals surface area contributed by atoms with Gasteiger partial charge in [-0.05, 0) is 66.3 Å². The second kappa shape index (κ2) is 3.97. The highest BCUT2D eigenvalue weighted by molar-refractivity contribution is 5.26. The number of fused-ring (bicyclic) bond motifs is 5. The van der Waals surface area contributed by atoms with Crippen LogP contribution in [-0.2, 0) is 4.74 Å². The largest absolute Gasteiger partial charge is 0.377 e. The van der Waals surface area contributed by atoms with Crippen LogP contribution in [0.3, 0.4) is 0 Å². The number of rotatable bonds is 0. The van der Waals surface area contributed by atoms with E-state index in [-0.39, 0.29) is 0 Å². The average molecular weight is 258 g/mol. The third-order valence-corrected chi connectivity index (χ3v) is 6.97. The van der Waals surface area contributed by atoms with Gasteiger partial charge < -0.3 is 4.74 Å². The number of hydrogen-bond donors (Lipinski definition) is 0. The summed E-state index contributed by atoms with van der Waals surface area (Å²) in [6.45, 7) is 6.91. The zero-order valence-corrected chi connectivity index (χ0v) is 12.3. The van der Waals surface area contributed by atoms with E-state index in [1.165, 1.54) is 32.1 Å². The van der Waals surface area contributed by atoms with Crippen LogP contribution in [-0.4, -0.2) is 13.2 Å².